The minimum atomic E-state index is -4.36. The molecule has 1 aromatic rings. The van der Waals surface area contributed by atoms with E-state index >= 15 is 0 Å². The Bertz CT molecular complexity index is 944. The molecule has 0 atom stereocenters. The molecule has 0 spiro atoms. The Labute approximate surface area is 185 Å². The van der Waals surface area contributed by atoms with E-state index in [2.05, 4.69) is 9.89 Å². The molecule has 2 fully saturated rings. The highest BCUT2D eigenvalue weighted by atomic mass is 19.4. The second kappa shape index (κ2) is 8.63. The quantitative estimate of drug-likeness (QED) is 0.711. The number of carbonyl (C=O) groups excluding carboxylic acids is 1. The lowest BCUT2D eigenvalue weighted by Crippen LogP contribution is -2.50. The van der Waals surface area contributed by atoms with Crippen molar-refractivity contribution in [3.8, 4) is 0 Å². The summed E-state index contributed by atoms with van der Waals surface area (Å²) < 4.78 is 45.6. The summed E-state index contributed by atoms with van der Waals surface area (Å²) in [5.41, 5.74) is 2.70. The molecule has 0 unspecified atom stereocenters. The number of alkyl halides is 3. The van der Waals surface area contributed by atoms with E-state index in [0.29, 0.717) is 49.8 Å². The molecule has 0 radical (unpaired) electrons. The summed E-state index contributed by atoms with van der Waals surface area (Å²) >= 11 is 0. The first kappa shape index (κ1) is 21.6. The van der Waals surface area contributed by atoms with Gasteiger partial charge in [0.1, 0.15) is 5.71 Å². The number of likely N-dealkylation sites (tertiary alicyclic amines) is 1. The average Bonchev–Trinajstić information content (AvgIpc) is 3.02. The molecular weight excluding hydrogens is 419 g/mol. The Balaban J connectivity index is 1.26. The van der Waals surface area contributed by atoms with Crippen LogP contribution < -0.4 is 0 Å². The molecule has 0 N–H and O–H groups in total. The standard InChI is InChI=1S/C24H28F3N3O2/c25-24(26,27)21-6-2-1-5-19(21)16-7-10-29(11-8-16)23(31)22-20-13-30(18-14-32-15-18)9-3-4-17(20)12-28-22/h1-2,5-6,16,18H,3-4,7-15H2. The van der Waals surface area contributed by atoms with E-state index in [9.17, 15) is 18.0 Å². The van der Waals surface area contributed by atoms with Gasteiger partial charge in [-0.05, 0) is 60.9 Å². The highest BCUT2D eigenvalue weighted by Gasteiger charge is 2.38. The summed E-state index contributed by atoms with van der Waals surface area (Å²) in [4.78, 5) is 22.1. The number of amides is 1. The van der Waals surface area contributed by atoms with Crippen LogP contribution in [0.2, 0.25) is 0 Å². The predicted molar refractivity (Wildman–Crippen MR) is 115 cm³/mol. The first-order chi connectivity index (χ1) is 15.4. The fraction of sp³-hybridized carbons (Fsp3) is 0.583. The van der Waals surface area contributed by atoms with Gasteiger partial charge in [0.2, 0.25) is 0 Å². The number of benzene rings is 1. The van der Waals surface area contributed by atoms with E-state index in [1.807, 2.05) is 0 Å². The van der Waals surface area contributed by atoms with Crippen molar-refractivity contribution in [1.29, 1.82) is 0 Å². The lowest BCUT2D eigenvalue weighted by atomic mass is 9.86. The normalized spacial score (nSPS) is 23.6. The van der Waals surface area contributed by atoms with Crippen LogP contribution in [-0.4, -0.2) is 73.4 Å². The van der Waals surface area contributed by atoms with Gasteiger partial charge >= 0.3 is 6.18 Å². The van der Waals surface area contributed by atoms with Crippen LogP contribution in [-0.2, 0) is 15.7 Å². The molecule has 5 rings (SSSR count). The predicted octanol–water partition coefficient (Wildman–Crippen LogP) is 3.66. The number of piperidine rings is 1. The number of hydrogen-bond donors (Lipinski definition) is 0. The van der Waals surface area contributed by atoms with Gasteiger partial charge in [-0.2, -0.15) is 13.2 Å². The highest BCUT2D eigenvalue weighted by molar-refractivity contribution is 6.46. The molecule has 1 amide bonds. The molecule has 0 aromatic heterocycles. The summed E-state index contributed by atoms with van der Waals surface area (Å²) in [6, 6.07) is 6.24. The monoisotopic (exact) mass is 447 g/mol. The van der Waals surface area contributed by atoms with Gasteiger partial charge in [-0.1, -0.05) is 18.2 Å². The first-order valence-electron chi connectivity index (χ1n) is 11.4. The fourth-order valence-electron chi connectivity index (χ4n) is 5.32. The SMILES string of the molecule is O=C(C1=NCC2=C1CN(C1COC1)CCC2)N1CCC(c2ccccc2C(F)(F)F)CC1. The van der Waals surface area contributed by atoms with Crippen molar-refractivity contribution in [2.75, 3.05) is 45.9 Å². The van der Waals surface area contributed by atoms with E-state index < -0.39 is 11.7 Å². The summed E-state index contributed by atoms with van der Waals surface area (Å²) in [5, 5.41) is 0. The molecule has 32 heavy (non-hydrogen) atoms. The van der Waals surface area contributed by atoms with Crippen LogP contribution in [0.25, 0.3) is 0 Å². The van der Waals surface area contributed by atoms with Crippen molar-refractivity contribution in [2.45, 2.75) is 43.8 Å². The summed E-state index contributed by atoms with van der Waals surface area (Å²) in [7, 11) is 0. The Morgan fingerprint density at radius 3 is 2.53 bits per heavy atom. The lowest BCUT2D eigenvalue weighted by molar-refractivity contribution is -0.138. The van der Waals surface area contributed by atoms with Crippen LogP contribution in [0.3, 0.4) is 0 Å². The Hall–Kier alpha value is -2.19. The third-order valence-corrected chi connectivity index (χ3v) is 7.25. The van der Waals surface area contributed by atoms with Crippen molar-refractivity contribution in [1.82, 2.24) is 9.80 Å². The maximum atomic E-state index is 13.4. The molecule has 0 aliphatic carbocycles. The van der Waals surface area contributed by atoms with Crippen LogP contribution >= 0.6 is 0 Å². The molecule has 8 heteroatoms. The number of ether oxygens (including phenoxy) is 1. The fourth-order valence-corrected chi connectivity index (χ4v) is 5.32. The van der Waals surface area contributed by atoms with E-state index in [1.54, 1.807) is 17.0 Å². The van der Waals surface area contributed by atoms with Gasteiger partial charge in [0.25, 0.3) is 5.91 Å². The smallest absolute Gasteiger partial charge is 0.378 e. The zero-order chi connectivity index (χ0) is 22.3. The van der Waals surface area contributed by atoms with Gasteiger partial charge in [0.05, 0.1) is 31.4 Å². The highest BCUT2D eigenvalue weighted by Crippen LogP contribution is 2.39. The van der Waals surface area contributed by atoms with Gasteiger partial charge in [-0.15, -0.1) is 0 Å². The number of carbonyl (C=O) groups is 1. The maximum absolute atomic E-state index is 13.4. The van der Waals surface area contributed by atoms with Gasteiger partial charge in [0, 0.05) is 19.6 Å². The van der Waals surface area contributed by atoms with Crippen LogP contribution in [0.1, 0.15) is 42.7 Å². The van der Waals surface area contributed by atoms with E-state index in [-0.39, 0.29) is 11.8 Å². The number of aliphatic imine (C=N–C) groups is 1. The summed E-state index contributed by atoms with van der Waals surface area (Å²) in [6.07, 6.45) is -1.26. The van der Waals surface area contributed by atoms with Crippen molar-refractivity contribution in [3.63, 3.8) is 0 Å². The molecular formula is C24H28F3N3O2. The Kier molecular flexibility index (Phi) is 5.84. The Morgan fingerprint density at radius 2 is 1.84 bits per heavy atom. The molecule has 172 valence electrons. The van der Waals surface area contributed by atoms with Gasteiger partial charge in [-0.25, -0.2) is 0 Å². The Morgan fingerprint density at radius 1 is 1.09 bits per heavy atom. The van der Waals surface area contributed by atoms with Crippen molar-refractivity contribution in [3.05, 3.63) is 46.5 Å². The molecule has 1 aromatic carbocycles. The molecule has 0 bridgehead atoms. The zero-order valence-electron chi connectivity index (χ0n) is 18.0. The van der Waals surface area contributed by atoms with Crippen molar-refractivity contribution < 1.29 is 22.7 Å². The molecule has 4 aliphatic heterocycles. The van der Waals surface area contributed by atoms with Crippen molar-refractivity contribution in [2.24, 2.45) is 4.99 Å². The lowest BCUT2D eigenvalue weighted by Gasteiger charge is -2.37. The summed E-state index contributed by atoms with van der Waals surface area (Å²) in [5.74, 6) is -0.256. The zero-order valence-corrected chi connectivity index (χ0v) is 18.0. The number of hydrogen-bond acceptors (Lipinski definition) is 4. The second-order valence-electron chi connectivity index (χ2n) is 9.16. The van der Waals surface area contributed by atoms with Gasteiger partial charge < -0.3 is 9.64 Å². The molecule has 2 saturated heterocycles. The maximum Gasteiger partial charge on any atom is 0.416 e. The van der Waals surface area contributed by atoms with Crippen molar-refractivity contribution >= 4 is 11.6 Å². The van der Waals surface area contributed by atoms with E-state index in [1.165, 1.54) is 11.6 Å². The summed E-state index contributed by atoms with van der Waals surface area (Å²) in [6.45, 7) is 4.75. The van der Waals surface area contributed by atoms with Crippen LogP contribution in [0.5, 0.6) is 0 Å². The van der Waals surface area contributed by atoms with E-state index in [4.69, 9.17) is 4.74 Å². The first-order valence-corrected chi connectivity index (χ1v) is 11.4. The second-order valence-corrected chi connectivity index (χ2v) is 9.16. The minimum Gasteiger partial charge on any atom is -0.378 e. The van der Waals surface area contributed by atoms with E-state index in [0.717, 1.165) is 50.8 Å². The number of rotatable bonds is 3. The van der Waals surface area contributed by atoms with Gasteiger partial charge in [-0.3, -0.25) is 14.7 Å². The largest absolute Gasteiger partial charge is 0.416 e. The third kappa shape index (κ3) is 4.10. The number of nitrogens with zero attached hydrogens (tertiary/aromatic N) is 3. The van der Waals surface area contributed by atoms with Crippen LogP contribution in [0, 0.1) is 0 Å². The molecule has 4 aliphatic rings. The minimum absolute atomic E-state index is 0.0655. The van der Waals surface area contributed by atoms with Gasteiger partial charge in [0.15, 0.2) is 0 Å². The topological polar surface area (TPSA) is 45.1 Å². The number of halogens is 3. The third-order valence-electron chi connectivity index (χ3n) is 7.25. The van der Waals surface area contributed by atoms with Crippen LogP contribution in [0.15, 0.2) is 40.4 Å². The molecule has 4 heterocycles. The molecule has 0 saturated carbocycles. The average molecular weight is 448 g/mol. The molecule has 5 nitrogen and oxygen atoms in total. The van der Waals surface area contributed by atoms with Crippen LogP contribution in [0.4, 0.5) is 13.2 Å².